The number of nitrogens with zero attached hydrogens (tertiary/aromatic N) is 2. The summed E-state index contributed by atoms with van der Waals surface area (Å²) in [5.41, 5.74) is 2.41. The van der Waals surface area contributed by atoms with Crippen molar-refractivity contribution < 1.29 is 19.1 Å². The fourth-order valence-electron chi connectivity index (χ4n) is 4.40. The lowest BCUT2D eigenvalue weighted by Crippen LogP contribution is -2.34. The fraction of sp³-hybridized carbons (Fsp3) is 0.129. The second kappa shape index (κ2) is 12.2. The summed E-state index contributed by atoms with van der Waals surface area (Å²) in [7, 11) is 1.42. The van der Waals surface area contributed by atoms with Gasteiger partial charge in [0.05, 0.1) is 24.9 Å². The number of amides is 1. The molecule has 0 fully saturated rings. The van der Waals surface area contributed by atoms with E-state index in [0.717, 1.165) is 0 Å². The zero-order chi connectivity index (χ0) is 28.8. The molecule has 0 aliphatic carbocycles. The predicted molar refractivity (Wildman–Crippen MR) is 152 cm³/mol. The van der Waals surface area contributed by atoms with Crippen molar-refractivity contribution in [1.82, 2.24) is 4.57 Å². The summed E-state index contributed by atoms with van der Waals surface area (Å²) in [4.78, 5) is 50.5. The molecule has 40 heavy (non-hydrogen) atoms. The fourth-order valence-corrected chi connectivity index (χ4v) is 4.57. The van der Waals surface area contributed by atoms with E-state index in [0.29, 0.717) is 50.4 Å². The van der Waals surface area contributed by atoms with E-state index in [1.807, 2.05) is 0 Å². The van der Waals surface area contributed by atoms with Crippen molar-refractivity contribution in [2.24, 2.45) is 0 Å². The molecule has 1 atom stereocenters. The van der Waals surface area contributed by atoms with Crippen LogP contribution in [0.15, 0.2) is 83.8 Å². The monoisotopic (exact) mass is 553 g/mol. The third-order valence-electron chi connectivity index (χ3n) is 6.42. The van der Waals surface area contributed by atoms with Crippen LogP contribution in [0.5, 0.6) is 5.75 Å². The summed E-state index contributed by atoms with van der Waals surface area (Å²) >= 11 is 6.21. The van der Waals surface area contributed by atoms with E-state index < -0.39 is 17.5 Å². The number of rotatable bonds is 9. The van der Waals surface area contributed by atoms with Crippen molar-refractivity contribution in [3.8, 4) is 22.9 Å². The Morgan fingerprint density at radius 3 is 2.45 bits per heavy atom. The van der Waals surface area contributed by atoms with Crippen LogP contribution in [0.25, 0.3) is 11.1 Å². The summed E-state index contributed by atoms with van der Waals surface area (Å²) in [5.74, 6) is -0.495. The maximum atomic E-state index is 13.6. The lowest BCUT2D eigenvalue weighted by molar-refractivity contribution is -0.119. The molecule has 0 saturated carbocycles. The molecule has 3 aromatic carbocycles. The van der Waals surface area contributed by atoms with Gasteiger partial charge in [-0.25, -0.2) is 0 Å². The number of aromatic nitrogens is 1. The molecular weight excluding hydrogens is 530 g/mol. The summed E-state index contributed by atoms with van der Waals surface area (Å²) in [6.45, 7) is 1.41. The number of carbonyl (C=O) groups is 3. The predicted octanol–water partition coefficient (Wildman–Crippen LogP) is 5.49. The maximum Gasteiger partial charge on any atom is 0.252 e. The highest BCUT2D eigenvalue weighted by Crippen LogP contribution is 2.34. The van der Waals surface area contributed by atoms with E-state index in [9.17, 15) is 24.4 Å². The molecule has 0 bridgehead atoms. The van der Waals surface area contributed by atoms with Crippen molar-refractivity contribution in [3.05, 3.63) is 117 Å². The van der Waals surface area contributed by atoms with Gasteiger partial charge in [-0.3, -0.25) is 23.7 Å². The first kappa shape index (κ1) is 28.0. The van der Waals surface area contributed by atoms with Crippen LogP contribution in [-0.4, -0.2) is 29.7 Å². The number of nitriles is 1. The van der Waals surface area contributed by atoms with Crippen LogP contribution in [0.4, 0.5) is 5.69 Å². The number of ether oxygens (including phenoxy) is 1. The molecular formula is C31H24ClN3O5. The molecule has 1 N–H and O–H groups in total. The average molecular weight is 554 g/mol. The van der Waals surface area contributed by atoms with Crippen LogP contribution >= 0.6 is 11.6 Å². The number of ketones is 1. The van der Waals surface area contributed by atoms with Crippen molar-refractivity contribution in [1.29, 1.82) is 5.26 Å². The minimum Gasteiger partial charge on any atom is -0.495 e. The Labute approximate surface area is 235 Å². The number of benzene rings is 3. The molecule has 0 spiro atoms. The Morgan fingerprint density at radius 2 is 1.80 bits per heavy atom. The molecule has 1 aromatic heterocycles. The van der Waals surface area contributed by atoms with Gasteiger partial charge in [-0.05, 0) is 66.6 Å². The third kappa shape index (κ3) is 6.01. The Morgan fingerprint density at radius 1 is 1.07 bits per heavy atom. The Bertz CT molecular complexity index is 1700. The van der Waals surface area contributed by atoms with Gasteiger partial charge in [0.25, 0.3) is 5.56 Å². The number of hydrogen-bond acceptors (Lipinski definition) is 6. The first-order chi connectivity index (χ1) is 19.2. The Kier molecular flexibility index (Phi) is 8.57. The number of halogens is 1. The van der Waals surface area contributed by atoms with Crippen molar-refractivity contribution in [2.75, 3.05) is 12.4 Å². The van der Waals surface area contributed by atoms with Gasteiger partial charge in [0.1, 0.15) is 18.1 Å². The van der Waals surface area contributed by atoms with Gasteiger partial charge in [-0.2, -0.15) is 5.26 Å². The third-order valence-corrected chi connectivity index (χ3v) is 6.65. The van der Waals surface area contributed by atoms with E-state index in [1.165, 1.54) is 30.9 Å². The topological polar surface area (TPSA) is 118 Å². The summed E-state index contributed by atoms with van der Waals surface area (Å²) in [6.07, 6.45) is 2.13. The summed E-state index contributed by atoms with van der Waals surface area (Å²) in [6, 6.07) is 20.2. The Hall–Kier alpha value is -5.00. The zero-order valence-electron chi connectivity index (χ0n) is 21.7. The van der Waals surface area contributed by atoms with Crippen LogP contribution in [-0.2, 0) is 11.2 Å². The number of nitrogens with one attached hydrogen (secondary N) is 1. The molecule has 9 heteroatoms. The highest BCUT2D eigenvalue weighted by molar-refractivity contribution is 6.31. The zero-order valence-corrected chi connectivity index (χ0v) is 22.4. The maximum absolute atomic E-state index is 13.6. The quantitative estimate of drug-likeness (QED) is 0.216. The summed E-state index contributed by atoms with van der Waals surface area (Å²) in [5, 5.41) is 12.8. The van der Waals surface area contributed by atoms with Gasteiger partial charge in [-0.15, -0.1) is 0 Å². The first-order valence-corrected chi connectivity index (χ1v) is 12.6. The van der Waals surface area contributed by atoms with Gasteiger partial charge in [-0.1, -0.05) is 29.8 Å². The van der Waals surface area contributed by atoms with Crippen LogP contribution in [0.1, 0.15) is 44.8 Å². The van der Waals surface area contributed by atoms with E-state index >= 15 is 0 Å². The van der Waals surface area contributed by atoms with Gasteiger partial charge >= 0.3 is 0 Å². The highest BCUT2D eigenvalue weighted by atomic mass is 35.5. The van der Waals surface area contributed by atoms with Crippen molar-refractivity contribution in [2.45, 2.75) is 19.4 Å². The number of methoxy groups -OCH3 is 1. The normalized spacial score (nSPS) is 11.2. The number of Topliss-reactive ketones (excluding diaryl/α,β-unsaturated/α-hetero) is 1. The number of pyridine rings is 1. The number of hydrogen-bond donors (Lipinski definition) is 1. The second-order valence-corrected chi connectivity index (χ2v) is 9.40. The van der Waals surface area contributed by atoms with Crippen LogP contribution in [0.3, 0.4) is 0 Å². The molecule has 0 aliphatic heterocycles. The lowest BCUT2D eigenvalue weighted by atomic mass is 9.96. The SMILES string of the molecule is COc1cn(C(Cc2ccccc2C#N)C(=O)Nc2ccc(C=O)cc2)c(=O)cc1-c1cc(Cl)ccc1C(C)=O. The number of carbonyl (C=O) groups excluding carboxylic acids is 3. The molecule has 1 heterocycles. The van der Waals surface area contributed by atoms with Crippen molar-refractivity contribution >= 4 is 35.3 Å². The minimum absolute atomic E-state index is 0.0280. The standard InChI is InChI=1S/C31H24ClN3O5/c1-19(37)25-12-9-23(32)14-26(25)27-15-30(38)35(17-29(27)40-2)28(13-21-5-3-4-6-22(21)16-33)31(39)34-24-10-7-20(18-36)8-11-24/h3-12,14-15,17-18,28H,13H2,1-2H3,(H,34,39). The van der Waals surface area contributed by atoms with E-state index in [4.69, 9.17) is 16.3 Å². The molecule has 8 nitrogen and oxygen atoms in total. The van der Waals surface area contributed by atoms with Gasteiger partial charge in [0, 0.05) is 39.9 Å². The van der Waals surface area contributed by atoms with Crippen LogP contribution in [0.2, 0.25) is 5.02 Å². The largest absolute Gasteiger partial charge is 0.495 e. The molecule has 0 saturated heterocycles. The van der Waals surface area contributed by atoms with E-state index in [2.05, 4.69) is 11.4 Å². The van der Waals surface area contributed by atoms with Gasteiger partial charge < -0.3 is 10.1 Å². The van der Waals surface area contributed by atoms with Crippen molar-refractivity contribution in [3.63, 3.8) is 0 Å². The molecule has 4 aromatic rings. The molecule has 0 radical (unpaired) electrons. The lowest BCUT2D eigenvalue weighted by Gasteiger charge is -2.22. The Balaban J connectivity index is 1.84. The smallest absolute Gasteiger partial charge is 0.252 e. The van der Waals surface area contributed by atoms with E-state index in [-0.39, 0.29) is 18.0 Å². The second-order valence-electron chi connectivity index (χ2n) is 8.97. The minimum atomic E-state index is -1.08. The number of anilines is 1. The van der Waals surface area contributed by atoms with Gasteiger partial charge in [0.2, 0.25) is 5.91 Å². The molecule has 0 aliphatic rings. The van der Waals surface area contributed by atoms with Gasteiger partial charge in [0.15, 0.2) is 5.78 Å². The summed E-state index contributed by atoms with van der Waals surface area (Å²) < 4.78 is 6.85. The average Bonchev–Trinajstić information content (AvgIpc) is 2.96. The van der Waals surface area contributed by atoms with Crippen LogP contribution in [0, 0.1) is 11.3 Å². The molecule has 4 rings (SSSR count). The number of aldehydes is 1. The first-order valence-electron chi connectivity index (χ1n) is 12.2. The molecule has 1 unspecified atom stereocenters. The highest BCUT2D eigenvalue weighted by Gasteiger charge is 2.26. The van der Waals surface area contributed by atoms with Crippen LogP contribution < -0.4 is 15.6 Å². The van der Waals surface area contributed by atoms with E-state index in [1.54, 1.807) is 66.7 Å². The molecule has 200 valence electrons. The molecule has 1 amide bonds.